The minimum Gasteiger partial charge on any atom is -0.326 e. The molecule has 2 aromatic heterocycles. The molecule has 0 saturated carbocycles. The number of amides is 1. The molecule has 3 heterocycles. The van der Waals surface area contributed by atoms with Crippen LogP contribution in [0.1, 0.15) is 18.0 Å². The van der Waals surface area contributed by atoms with Crippen molar-refractivity contribution < 1.29 is 4.79 Å². The number of anilines is 1. The Morgan fingerprint density at radius 2 is 2.16 bits per heavy atom. The average molecular weight is 531 g/mol. The van der Waals surface area contributed by atoms with Crippen LogP contribution in [0.4, 0.5) is 5.69 Å². The molecule has 1 aliphatic rings. The Bertz CT molecular complexity index is 1430. The zero-order valence-electron chi connectivity index (χ0n) is 16.9. The van der Waals surface area contributed by atoms with E-state index in [1.54, 1.807) is 21.4 Å². The first-order valence-electron chi connectivity index (χ1n) is 9.86. The molecular weight excluding hydrogens is 514 g/mol. The quantitative estimate of drug-likeness (QED) is 0.376. The summed E-state index contributed by atoms with van der Waals surface area (Å²) in [7, 11) is 0. The maximum absolute atomic E-state index is 13.3. The molecule has 10 heteroatoms. The first-order valence-corrected chi connectivity index (χ1v) is 12.0. The molecule has 1 N–H and O–H groups in total. The number of nitrogens with zero attached hydrogens (tertiary/aromatic N) is 4. The van der Waals surface area contributed by atoms with Crippen molar-refractivity contribution in [2.75, 3.05) is 11.1 Å². The summed E-state index contributed by atoms with van der Waals surface area (Å²) in [4.78, 5) is 30.6. The van der Waals surface area contributed by atoms with Crippen LogP contribution in [0, 0.1) is 6.92 Å². The van der Waals surface area contributed by atoms with Crippen molar-refractivity contribution in [3.8, 4) is 5.69 Å². The van der Waals surface area contributed by atoms with Crippen molar-refractivity contribution in [2.24, 2.45) is 0 Å². The van der Waals surface area contributed by atoms with E-state index in [1.165, 1.54) is 18.0 Å². The zero-order chi connectivity index (χ0) is 22.4. The number of carbonyl (C=O) groups is 1. The lowest BCUT2D eigenvalue weighted by Crippen LogP contribution is -2.27. The molecule has 0 spiro atoms. The molecule has 162 valence electrons. The van der Waals surface area contributed by atoms with Crippen LogP contribution >= 0.6 is 39.3 Å². The molecule has 0 saturated heterocycles. The molecule has 32 heavy (non-hydrogen) atoms. The van der Waals surface area contributed by atoms with E-state index in [9.17, 15) is 9.59 Å². The largest absolute Gasteiger partial charge is 0.326 e. The fraction of sp³-hybridized carbons (Fsp3) is 0.182. The molecule has 0 fully saturated rings. The summed E-state index contributed by atoms with van der Waals surface area (Å²) in [5.41, 5.74) is 2.77. The monoisotopic (exact) mass is 529 g/mol. The summed E-state index contributed by atoms with van der Waals surface area (Å²) in [5.74, 6) is 0.457. The van der Waals surface area contributed by atoms with Gasteiger partial charge in [-0.2, -0.15) is 5.10 Å². The van der Waals surface area contributed by atoms with Crippen LogP contribution < -0.4 is 10.9 Å². The number of aromatic nitrogens is 4. The minimum atomic E-state index is -0.273. The smallest absolute Gasteiger partial charge is 0.265 e. The van der Waals surface area contributed by atoms with E-state index in [0.717, 1.165) is 21.4 Å². The van der Waals surface area contributed by atoms with Crippen molar-refractivity contribution in [1.82, 2.24) is 19.3 Å². The Morgan fingerprint density at radius 3 is 2.94 bits per heavy atom. The molecule has 1 aliphatic heterocycles. The summed E-state index contributed by atoms with van der Waals surface area (Å²) in [6, 6.07) is 12.6. The standard InChI is InChI=1S/C22H17BrClN5O2S/c1-12-7-14(5-6-18(12)23)26-19(30)9-16-11-32-22-27-20-17(21(31)28(16)22)10-25-29(20)15-4-2-3-13(24)8-15/h2-8,10,16H,9,11H2,1H3,(H,26,30). The predicted octanol–water partition coefficient (Wildman–Crippen LogP) is 4.98. The second-order valence-corrected chi connectivity index (χ2v) is 9.80. The van der Waals surface area contributed by atoms with Gasteiger partial charge in [0.2, 0.25) is 5.91 Å². The van der Waals surface area contributed by atoms with Gasteiger partial charge in [-0.25, -0.2) is 9.67 Å². The van der Waals surface area contributed by atoms with Gasteiger partial charge in [-0.3, -0.25) is 14.2 Å². The van der Waals surface area contributed by atoms with Crippen molar-refractivity contribution in [3.05, 3.63) is 74.1 Å². The Kier molecular flexibility index (Phi) is 5.56. The normalized spacial score (nSPS) is 15.2. The molecule has 5 rings (SSSR count). The van der Waals surface area contributed by atoms with Gasteiger partial charge < -0.3 is 5.32 Å². The highest BCUT2D eigenvalue weighted by Gasteiger charge is 2.29. The van der Waals surface area contributed by atoms with Crippen LogP contribution in [0.25, 0.3) is 16.7 Å². The Hall–Kier alpha value is -2.62. The first kappa shape index (κ1) is 21.2. The van der Waals surface area contributed by atoms with Crippen molar-refractivity contribution in [3.63, 3.8) is 0 Å². The predicted molar refractivity (Wildman–Crippen MR) is 130 cm³/mol. The van der Waals surface area contributed by atoms with Crippen LogP contribution in [0.2, 0.25) is 5.02 Å². The summed E-state index contributed by atoms with van der Waals surface area (Å²) in [6.07, 6.45) is 1.70. The third-order valence-corrected chi connectivity index (χ3v) is 7.51. The summed E-state index contributed by atoms with van der Waals surface area (Å²) in [5, 5.41) is 8.85. The molecular formula is C22H17BrClN5O2S. The summed E-state index contributed by atoms with van der Waals surface area (Å²) >= 11 is 11.0. The fourth-order valence-corrected chi connectivity index (χ4v) is 5.29. The zero-order valence-corrected chi connectivity index (χ0v) is 20.0. The summed E-state index contributed by atoms with van der Waals surface area (Å²) in [6.45, 7) is 1.96. The molecule has 1 unspecified atom stereocenters. The molecule has 1 atom stereocenters. The van der Waals surface area contributed by atoms with Crippen LogP contribution in [0.15, 0.2) is 63.1 Å². The number of aryl methyl sites for hydroxylation is 1. The van der Waals surface area contributed by atoms with Gasteiger partial charge in [-0.15, -0.1) is 0 Å². The number of fused-ring (bicyclic) bond motifs is 2. The number of benzene rings is 2. The second-order valence-electron chi connectivity index (χ2n) is 7.52. The third-order valence-electron chi connectivity index (χ3n) is 5.29. The lowest BCUT2D eigenvalue weighted by molar-refractivity contribution is -0.116. The Balaban J connectivity index is 1.44. The summed E-state index contributed by atoms with van der Waals surface area (Å²) < 4.78 is 4.21. The SMILES string of the molecule is Cc1cc(NC(=O)CC2CSc3nc4c(cnn4-c4cccc(Cl)c4)c(=O)n32)ccc1Br. The molecule has 7 nitrogen and oxygen atoms in total. The molecule has 0 aliphatic carbocycles. The van der Waals surface area contributed by atoms with Crippen LogP contribution in [-0.2, 0) is 4.79 Å². The van der Waals surface area contributed by atoms with E-state index in [2.05, 4.69) is 26.3 Å². The Morgan fingerprint density at radius 1 is 1.31 bits per heavy atom. The van der Waals surface area contributed by atoms with E-state index in [-0.39, 0.29) is 23.9 Å². The minimum absolute atomic E-state index is 0.146. The van der Waals surface area contributed by atoms with Crippen molar-refractivity contribution >= 4 is 61.9 Å². The van der Waals surface area contributed by atoms with E-state index >= 15 is 0 Å². The molecule has 2 aromatic carbocycles. The van der Waals surface area contributed by atoms with Crippen LogP contribution in [0.3, 0.4) is 0 Å². The third kappa shape index (κ3) is 3.85. The van der Waals surface area contributed by atoms with E-state index in [1.807, 2.05) is 37.3 Å². The van der Waals surface area contributed by atoms with Gasteiger partial charge in [0, 0.05) is 27.4 Å². The van der Waals surface area contributed by atoms with E-state index in [4.69, 9.17) is 16.6 Å². The van der Waals surface area contributed by atoms with Crippen LogP contribution in [0.5, 0.6) is 0 Å². The van der Waals surface area contributed by atoms with Crippen molar-refractivity contribution in [1.29, 1.82) is 0 Å². The highest BCUT2D eigenvalue weighted by atomic mass is 79.9. The maximum Gasteiger partial charge on any atom is 0.265 e. The van der Waals surface area contributed by atoms with Crippen LogP contribution in [-0.4, -0.2) is 31.0 Å². The maximum atomic E-state index is 13.3. The van der Waals surface area contributed by atoms with Crippen molar-refractivity contribution in [2.45, 2.75) is 24.5 Å². The molecule has 0 bridgehead atoms. The number of nitrogens with one attached hydrogen (secondary N) is 1. The molecule has 0 radical (unpaired) electrons. The highest BCUT2D eigenvalue weighted by molar-refractivity contribution is 9.10. The van der Waals surface area contributed by atoms with Gasteiger partial charge in [0.15, 0.2) is 10.8 Å². The van der Waals surface area contributed by atoms with E-state index in [0.29, 0.717) is 27.0 Å². The molecule has 4 aromatic rings. The van der Waals surface area contributed by atoms with Gasteiger partial charge in [-0.1, -0.05) is 45.4 Å². The highest BCUT2D eigenvalue weighted by Crippen LogP contribution is 2.34. The van der Waals surface area contributed by atoms with Gasteiger partial charge in [0.05, 0.1) is 17.9 Å². The number of carbonyl (C=O) groups excluding carboxylic acids is 1. The van der Waals surface area contributed by atoms with Gasteiger partial charge in [0.1, 0.15) is 5.39 Å². The lowest BCUT2D eigenvalue weighted by Gasteiger charge is -2.14. The number of hydrogen-bond donors (Lipinski definition) is 1. The lowest BCUT2D eigenvalue weighted by atomic mass is 10.2. The number of rotatable bonds is 4. The van der Waals surface area contributed by atoms with E-state index < -0.39 is 0 Å². The number of hydrogen-bond acceptors (Lipinski definition) is 5. The fourth-order valence-electron chi connectivity index (χ4n) is 3.73. The van der Waals surface area contributed by atoms with Gasteiger partial charge in [0.25, 0.3) is 5.56 Å². The topological polar surface area (TPSA) is 81.8 Å². The van der Waals surface area contributed by atoms with Gasteiger partial charge in [-0.05, 0) is 48.9 Å². The Labute approximate surface area is 200 Å². The second kappa shape index (κ2) is 8.38. The van der Waals surface area contributed by atoms with Gasteiger partial charge >= 0.3 is 0 Å². The number of halogens is 2. The number of thioether (sulfide) groups is 1. The molecule has 1 amide bonds. The average Bonchev–Trinajstić information content (AvgIpc) is 3.36. The first-order chi connectivity index (χ1) is 15.4.